The van der Waals surface area contributed by atoms with Crippen molar-refractivity contribution in [3.8, 4) is 0 Å². The molecule has 2 amide bonds. The third-order valence-electron chi connectivity index (χ3n) is 5.16. The van der Waals surface area contributed by atoms with Gasteiger partial charge in [0.25, 0.3) is 5.91 Å². The van der Waals surface area contributed by atoms with Crippen LogP contribution in [0.25, 0.3) is 16.5 Å². The van der Waals surface area contributed by atoms with Gasteiger partial charge >= 0.3 is 0 Å². The minimum absolute atomic E-state index is 0.0521. The highest BCUT2D eigenvalue weighted by atomic mass is 16.2. The highest BCUT2D eigenvalue weighted by Crippen LogP contribution is 2.25. The van der Waals surface area contributed by atoms with E-state index in [-0.39, 0.29) is 11.8 Å². The smallest absolute Gasteiger partial charge is 0.269 e. The van der Waals surface area contributed by atoms with Crippen LogP contribution < -0.4 is 0 Å². The van der Waals surface area contributed by atoms with Crippen molar-refractivity contribution in [2.24, 2.45) is 0 Å². The number of fused-ring (bicyclic) bond motifs is 1. The zero-order valence-electron chi connectivity index (χ0n) is 16.6. The number of H-pyrrole nitrogens is 1. The Labute approximate surface area is 168 Å². The van der Waals surface area contributed by atoms with Crippen LogP contribution in [0.1, 0.15) is 28.9 Å². The number of benzene rings is 1. The molecule has 3 aromatic rings. The standard InChI is InChI=1S/C21H24N6O2/c1-25(2)21(29)19-13-16-6-5-15(12-18(16)23-19)17-4-3-9-26(14-17)20(28)7-10-27-11-8-22-24-27/h4-6,8,11-13,23H,3,7,9-10,14H2,1-2H3. The number of rotatable bonds is 5. The third-order valence-corrected chi connectivity index (χ3v) is 5.16. The molecule has 0 saturated heterocycles. The number of aryl methyl sites for hydroxylation is 1. The molecule has 1 aliphatic rings. The number of carbonyl (C=O) groups excluding carboxylic acids is 2. The van der Waals surface area contributed by atoms with Crippen molar-refractivity contribution in [2.45, 2.75) is 19.4 Å². The average molecular weight is 392 g/mol. The number of nitrogens with zero attached hydrogens (tertiary/aromatic N) is 5. The number of hydrogen-bond donors (Lipinski definition) is 1. The van der Waals surface area contributed by atoms with Gasteiger partial charge in [0, 0.05) is 50.7 Å². The molecule has 0 atom stereocenters. The molecular weight excluding hydrogens is 368 g/mol. The summed E-state index contributed by atoms with van der Waals surface area (Å²) in [6.07, 6.45) is 6.80. The van der Waals surface area contributed by atoms with Crippen molar-refractivity contribution < 1.29 is 9.59 Å². The second-order valence-electron chi connectivity index (χ2n) is 7.43. The Hall–Kier alpha value is -3.42. The molecular formula is C21H24N6O2. The summed E-state index contributed by atoms with van der Waals surface area (Å²) in [7, 11) is 3.47. The Kier molecular flexibility index (Phi) is 5.16. The molecule has 150 valence electrons. The summed E-state index contributed by atoms with van der Waals surface area (Å²) in [5.74, 6) is 0.0645. The van der Waals surface area contributed by atoms with Crippen LogP contribution in [0.5, 0.6) is 0 Å². The molecule has 8 nitrogen and oxygen atoms in total. The molecule has 0 fully saturated rings. The number of amides is 2. The first-order valence-electron chi connectivity index (χ1n) is 9.67. The lowest BCUT2D eigenvalue weighted by atomic mass is 10.00. The Balaban J connectivity index is 1.47. The number of aromatic amines is 1. The zero-order chi connectivity index (χ0) is 20.4. The fourth-order valence-corrected chi connectivity index (χ4v) is 3.57. The Morgan fingerprint density at radius 3 is 2.86 bits per heavy atom. The minimum atomic E-state index is -0.0521. The van der Waals surface area contributed by atoms with E-state index in [4.69, 9.17) is 0 Å². The average Bonchev–Trinajstić information content (AvgIpc) is 3.40. The van der Waals surface area contributed by atoms with Crippen LogP contribution in [0, 0.1) is 0 Å². The maximum Gasteiger partial charge on any atom is 0.269 e. The molecule has 0 spiro atoms. The first kappa shape index (κ1) is 18.9. The van der Waals surface area contributed by atoms with Gasteiger partial charge in [-0.25, -0.2) is 0 Å². The third kappa shape index (κ3) is 4.06. The van der Waals surface area contributed by atoms with Gasteiger partial charge in [0.15, 0.2) is 0 Å². The van der Waals surface area contributed by atoms with Gasteiger partial charge in [-0.15, -0.1) is 5.10 Å². The van der Waals surface area contributed by atoms with Gasteiger partial charge in [0.05, 0.1) is 12.7 Å². The maximum atomic E-state index is 12.6. The molecule has 3 heterocycles. The molecule has 1 N–H and O–H groups in total. The van der Waals surface area contributed by atoms with Gasteiger partial charge < -0.3 is 14.8 Å². The zero-order valence-corrected chi connectivity index (χ0v) is 16.6. The minimum Gasteiger partial charge on any atom is -0.351 e. The lowest BCUT2D eigenvalue weighted by molar-refractivity contribution is -0.131. The largest absolute Gasteiger partial charge is 0.351 e. The van der Waals surface area contributed by atoms with Gasteiger partial charge in [-0.05, 0) is 29.7 Å². The van der Waals surface area contributed by atoms with Crippen LogP contribution in [-0.2, 0) is 11.3 Å². The fraction of sp³-hybridized carbons (Fsp3) is 0.333. The van der Waals surface area contributed by atoms with Gasteiger partial charge in [0.1, 0.15) is 5.69 Å². The summed E-state index contributed by atoms with van der Waals surface area (Å²) < 4.78 is 1.67. The monoisotopic (exact) mass is 392 g/mol. The van der Waals surface area contributed by atoms with E-state index in [9.17, 15) is 9.59 Å². The van der Waals surface area contributed by atoms with E-state index in [1.54, 1.807) is 36.1 Å². The summed E-state index contributed by atoms with van der Waals surface area (Å²) >= 11 is 0. The molecule has 0 saturated carbocycles. The van der Waals surface area contributed by atoms with Crippen molar-refractivity contribution in [1.29, 1.82) is 0 Å². The van der Waals surface area contributed by atoms with Crippen molar-refractivity contribution in [3.63, 3.8) is 0 Å². The van der Waals surface area contributed by atoms with Gasteiger partial charge in [0.2, 0.25) is 5.91 Å². The lowest BCUT2D eigenvalue weighted by Crippen LogP contribution is -2.35. The Morgan fingerprint density at radius 2 is 2.10 bits per heavy atom. The predicted octanol–water partition coefficient (Wildman–Crippen LogP) is 2.17. The fourth-order valence-electron chi connectivity index (χ4n) is 3.57. The van der Waals surface area contributed by atoms with Gasteiger partial charge in [-0.1, -0.05) is 23.4 Å². The highest BCUT2D eigenvalue weighted by Gasteiger charge is 2.20. The first-order valence-corrected chi connectivity index (χ1v) is 9.67. The van der Waals surface area contributed by atoms with Gasteiger partial charge in [-0.3, -0.25) is 14.3 Å². The number of aromatic nitrogens is 4. The van der Waals surface area contributed by atoms with E-state index < -0.39 is 0 Å². The molecule has 1 aliphatic heterocycles. The molecule has 0 aliphatic carbocycles. The van der Waals surface area contributed by atoms with E-state index in [0.29, 0.717) is 25.2 Å². The molecule has 1 aromatic carbocycles. The number of hydrogen-bond acceptors (Lipinski definition) is 4. The predicted molar refractivity (Wildman–Crippen MR) is 110 cm³/mol. The summed E-state index contributed by atoms with van der Waals surface area (Å²) in [5.41, 5.74) is 3.69. The van der Waals surface area contributed by atoms with Crippen molar-refractivity contribution >= 4 is 28.3 Å². The quantitative estimate of drug-likeness (QED) is 0.721. The van der Waals surface area contributed by atoms with E-state index >= 15 is 0 Å². The molecule has 0 radical (unpaired) electrons. The topological polar surface area (TPSA) is 87.1 Å². The first-order chi connectivity index (χ1) is 14.0. The molecule has 4 rings (SSSR count). The van der Waals surface area contributed by atoms with Crippen LogP contribution in [0.15, 0.2) is 42.7 Å². The van der Waals surface area contributed by atoms with Crippen molar-refractivity contribution in [1.82, 2.24) is 29.8 Å². The van der Waals surface area contributed by atoms with E-state index in [1.807, 2.05) is 17.0 Å². The molecule has 0 unspecified atom stereocenters. The van der Waals surface area contributed by atoms with E-state index in [1.165, 1.54) is 0 Å². The lowest BCUT2D eigenvalue weighted by Gasteiger charge is -2.27. The summed E-state index contributed by atoms with van der Waals surface area (Å²) in [4.78, 5) is 31.5. The van der Waals surface area contributed by atoms with Gasteiger partial charge in [-0.2, -0.15) is 0 Å². The maximum absolute atomic E-state index is 12.6. The summed E-state index contributed by atoms with van der Waals surface area (Å²) in [6, 6.07) is 7.99. The van der Waals surface area contributed by atoms with Crippen LogP contribution in [-0.4, -0.2) is 68.8 Å². The van der Waals surface area contributed by atoms with E-state index in [0.717, 1.165) is 35.0 Å². The highest BCUT2D eigenvalue weighted by molar-refractivity contribution is 5.98. The molecule has 8 heteroatoms. The van der Waals surface area contributed by atoms with E-state index in [2.05, 4.69) is 33.5 Å². The summed E-state index contributed by atoms with van der Waals surface area (Å²) in [5, 5.41) is 8.66. The summed E-state index contributed by atoms with van der Waals surface area (Å²) in [6.45, 7) is 1.85. The normalized spacial score (nSPS) is 14.1. The molecule has 2 aromatic heterocycles. The van der Waals surface area contributed by atoms with Crippen molar-refractivity contribution in [3.05, 3.63) is 54.0 Å². The second kappa shape index (κ2) is 7.90. The number of carbonyl (C=O) groups is 2. The van der Waals surface area contributed by atoms with Crippen molar-refractivity contribution in [2.75, 3.05) is 27.2 Å². The Bertz CT molecular complexity index is 1060. The molecule has 0 bridgehead atoms. The second-order valence-corrected chi connectivity index (χ2v) is 7.43. The van der Waals surface area contributed by atoms with Crippen LogP contribution in [0.4, 0.5) is 0 Å². The van der Waals surface area contributed by atoms with Crippen LogP contribution in [0.3, 0.4) is 0 Å². The van der Waals surface area contributed by atoms with Crippen LogP contribution >= 0.6 is 0 Å². The number of nitrogens with one attached hydrogen (secondary N) is 1. The SMILES string of the molecule is CN(C)C(=O)c1cc2ccc(C3=CCCN(C(=O)CCn4ccnn4)C3)cc2[nH]1. The van der Waals surface area contributed by atoms with Crippen LogP contribution in [0.2, 0.25) is 0 Å². The Morgan fingerprint density at radius 1 is 1.24 bits per heavy atom. The molecule has 29 heavy (non-hydrogen) atoms.